The van der Waals surface area contributed by atoms with Crippen LogP contribution in [0.2, 0.25) is 0 Å². The highest BCUT2D eigenvalue weighted by Crippen LogP contribution is 2.34. The maximum Gasteiger partial charge on any atom is 0.238 e. The van der Waals surface area contributed by atoms with Gasteiger partial charge in [0.25, 0.3) is 0 Å². The molecule has 0 aliphatic heterocycles. The van der Waals surface area contributed by atoms with Gasteiger partial charge in [-0.15, -0.1) is 0 Å². The number of hydrogen-bond donors (Lipinski definition) is 2. The van der Waals surface area contributed by atoms with Crippen molar-refractivity contribution in [2.45, 2.75) is 20.3 Å². The molecular formula is C12H15N3O2S. The number of aryl methyl sites for hydroxylation is 1. The summed E-state index contributed by atoms with van der Waals surface area (Å²) in [5.74, 6) is 0.666. The third-order valence-corrected chi connectivity index (χ3v) is 3.66. The molecule has 0 bridgehead atoms. The van der Waals surface area contributed by atoms with E-state index >= 15 is 0 Å². The number of benzene rings is 1. The van der Waals surface area contributed by atoms with Crippen LogP contribution in [-0.2, 0) is 4.79 Å². The van der Waals surface area contributed by atoms with Gasteiger partial charge in [-0.3, -0.25) is 15.6 Å². The molecule has 0 atom stereocenters. The quantitative estimate of drug-likeness (QED) is 0.834. The van der Waals surface area contributed by atoms with Crippen LogP contribution < -0.4 is 15.6 Å². The molecule has 6 heteroatoms. The van der Waals surface area contributed by atoms with E-state index in [1.165, 1.54) is 11.3 Å². The topological polar surface area (TPSA) is 63.2 Å². The Bertz CT molecular complexity index is 580. The van der Waals surface area contributed by atoms with Crippen LogP contribution >= 0.6 is 11.3 Å². The highest BCUT2D eigenvalue weighted by Gasteiger charge is 2.11. The monoisotopic (exact) mass is 265 g/mol. The van der Waals surface area contributed by atoms with Gasteiger partial charge >= 0.3 is 0 Å². The average molecular weight is 265 g/mol. The van der Waals surface area contributed by atoms with Gasteiger partial charge in [0.1, 0.15) is 11.3 Å². The van der Waals surface area contributed by atoms with E-state index in [9.17, 15) is 4.79 Å². The zero-order valence-corrected chi connectivity index (χ0v) is 11.4. The lowest BCUT2D eigenvalue weighted by Gasteiger charge is -2.02. The van der Waals surface area contributed by atoms with Crippen LogP contribution in [0.4, 0.5) is 5.13 Å². The Morgan fingerprint density at radius 3 is 2.94 bits per heavy atom. The van der Waals surface area contributed by atoms with Crippen molar-refractivity contribution in [3.05, 3.63) is 17.7 Å². The van der Waals surface area contributed by atoms with E-state index in [0.29, 0.717) is 11.6 Å². The molecule has 1 heterocycles. The van der Waals surface area contributed by atoms with Crippen molar-refractivity contribution in [3.63, 3.8) is 0 Å². The maximum absolute atomic E-state index is 11.2. The van der Waals surface area contributed by atoms with Crippen molar-refractivity contribution in [1.29, 1.82) is 0 Å². The average Bonchev–Trinajstić information content (AvgIpc) is 2.81. The van der Waals surface area contributed by atoms with Gasteiger partial charge in [-0.05, 0) is 18.6 Å². The Morgan fingerprint density at radius 1 is 1.50 bits per heavy atom. The third-order valence-electron chi connectivity index (χ3n) is 2.55. The predicted molar refractivity (Wildman–Crippen MR) is 73.0 cm³/mol. The smallest absolute Gasteiger partial charge is 0.238 e. The molecule has 1 aromatic carbocycles. The number of ether oxygens (including phenoxy) is 1. The number of amides is 1. The number of thiazole rings is 1. The number of anilines is 1. The molecule has 0 saturated carbocycles. The van der Waals surface area contributed by atoms with Crippen molar-refractivity contribution in [3.8, 4) is 5.75 Å². The van der Waals surface area contributed by atoms with E-state index in [2.05, 4.69) is 15.8 Å². The highest BCUT2D eigenvalue weighted by molar-refractivity contribution is 7.22. The van der Waals surface area contributed by atoms with Crippen LogP contribution in [0.5, 0.6) is 5.75 Å². The summed E-state index contributed by atoms with van der Waals surface area (Å²) in [6.07, 6.45) is 0.431. The van der Waals surface area contributed by atoms with Crippen molar-refractivity contribution < 1.29 is 9.53 Å². The fraction of sp³-hybridized carbons (Fsp3) is 0.333. The lowest BCUT2D eigenvalue weighted by Crippen LogP contribution is -2.28. The zero-order chi connectivity index (χ0) is 13.1. The Morgan fingerprint density at radius 2 is 2.28 bits per heavy atom. The van der Waals surface area contributed by atoms with Gasteiger partial charge in [0.15, 0.2) is 0 Å². The van der Waals surface area contributed by atoms with Crippen LogP contribution in [0.3, 0.4) is 0 Å². The first-order valence-electron chi connectivity index (χ1n) is 5.64. The summed E-state index contributed by atoms with van der Waals surface area (Å²) in [5, 5.41) is 0.652. The molecule has 0 aliphatic rings. The summed E-state index contributed by atoms with van der Waals surface area (Å²) in [6, 6.07) is 3.89. The Balaban J connectivity index is 2.31. The number of carbonyl (C=O) groups excluding carboxylic acids is 1. The van der Waals surface area contributed by atoms with Crippen molar-refractivity contribution in [2.24, 2.45) is 0 Å². The molecule has 0 fully saturated rings. The molecule has 1 aromatic heterocycles. The fourth-order valence-electron chi connectivity index (χ4n) is 1.54. The molecule has 2 rings (SSSR count). The van der Waals surface area contributed by atoms with Crippen LogP contribution in [0.1, 0.15) is 18.9 Å². The zero-order valence-electron chi connectivity index (χ0n) is 10.5. The summed E-state index contributed by atoms with van der Waals surface area (Å²) in [7, 11) is 1.62. The van der Waals surface area contributed by atoms with Gasteiger partial charge in [-0.25, -0.2) is 4.98 Å². The maximum atomic E-state index is 11.2. The molecule has 2 N–H and O–H groups in total. The van der Waals surface area contributed by atoms with Crippen LogP contribution in [0.25, 0.3) is 10.2 Å². The van der Waals surface area contributed by atoms with E-state index in [1.54, 1.807) is 14.0 Å². The number of aromatic nitrogens is 1. The van der Waals surface area contributed by atoms with E-state index in [1.807, 2.05) is 19.1 Å². The number of hydrogen-bond acceptors (Lipinski definition) is 5. The van der Waals surface area contributed by atoms with Crippen molar-refractivity contribution >= 4 is 32.6 Å². The molecule has 0 saturated heterocycles. The van der Waals surface area contributed by atoms with E-state index < -0.39 is 0 Å². The van der Waals surface area contributed by atoms with Crippen molar-refractivity contribution in [2.75, 3.05) is 12.5 Å². The Labute approximate surface area is 109 Å². The summed E-state index contributed by atoms with van der Waals surface area (Å²) >= 11 is 1.49. The number of methoxy groups -OCH3 is 1. The Hall–Kier alpha value is -1.82. The predicted octanol–water partition coefficient (Wildman–Crippen LogP) is 2.47. The second kappa shape index (κ2) is 5.22. The lowest BCUT2D eigenvalue weighted by molar-refractivity contribution is -0.120. The molecule has 18 heavy (non-hydrogen) atoms. The fourth-order valence-corrected chi connectivity index (χ4v) is 2.44. The number of rotatable bonds is 4. The second-order valence-electron chi connectivity index (χ2n) is 3.81. The van der Waals surface area contributed by atoms with Crippen molar-refractivity contribution in [1.82, 2.24) is 10.4 Å². The minimum atomic E-state index is -0.0713. The van der Waals surface area contributed by atoms with Gasteiger partial charge in [-0.1, -0.05) is 24.3 Å². The third kappa shape index (κ3) is 2.38. The Kier molecular flexibility index (Phi) is 3.66. The lowest BCUT2D eigenvalue weighted by atomic mass is 10.2. The largest absolute Gasteiger partial charge is 0.494 e. The van der Waals surface area contributed by atoms with Crippen LogP contribution in [0.15, 0.2) is 12.1 Å². The van der Waals surface area contributed by atoms with E-state index in [4.69, 9.17) is 4.74 Å². The van der Waals surface area contributed by atoms with E-state index in [0.717, 1.165) is 21.5 Å². The van der Waals surface area contributed by atoms with Gasteiger partial charge in [-0.2, -0.15) is 0 Å². The first-order chi connectivity index (χ1) is 8.65. The summed E-state index contributed by atoms with van der Waals surface area (Å²) in [4.78, 5) is 15.6. The first-order valence-corrected chi connectivity index (χ1v) is 6.46. The van der Waals surface area contributed by atoms with Gasteiger partial charge < -0.3 is 4.74 Å². The standard InChI is InChI=1S/C12H15N3O2S/c1-4-9(16)14-15-12-13-10-8(17-3)6-5-7(2)11(10)18-12/h5-6H,4H2,1-3H3,(H,13,15)(H,14,16). The number of nitrogens with one attached hydrogen (secondary N) is 2. The summed E-state index contributed by atoms with van der Waals surface area (Å²) in [6.45, 7) is 3.82. The summed E-state index contributed by atoms with van der Waals surface area (Å²) < 4.78 is 6.33. The number of carbonyl (C=O) groups is 1. The molecule has 5 nitrogen and oxygen atoms in total. The molecule has 2 aromatic rings. The SMILES string of the molecule is CCC(=O)NNc1nc2c(OC)ccc(C)c2s1. The minimum Gasteiger partial charge on any atom is -0.494 e. The van der Waals surface area contributed by atoms with Gasteiger partial charge in [0.05, 0.1) is 11.8 Å². The number of nitrogens with zero attached hydrogens (tertiary/aromatic N) is 1. The molecule has 96 valence electrons. The van der Waals surface area contributed by atoms with Gasteiger partial charge in [0.2, 0.25) is 11.0 Å². The molecular weight excluding hydrogens is 250 g/mol. The number of hydrazine groups is 1. The van der Waals surface area contributed by atoms with E-state index in [-0.39, 0.29) is 5.91 Å². The highest BCUT2D eigenvalue weighted by atomic mass is 32.1. The molecule has 0 aliphatic carbocycles. The molecule has 0 radical (unpaired) electrons. The van der Waals surface area contributed by atoms with Gasteiger partial charge in [0, 0.05) is 6.42 Å². The normalized spacial score (nSPS) is 10.4. The minimum absolute atomic E-state index is 0.0713. The van der Waals surface area contributed by atoms with Crippen LogP contribution in [-0.4, -0.2) is 18.0 Å². The molecule has 0 unspecified atom stereocenters. The summed E-state index contributed by atoms with van der Waals surface area (Å²) in [5.41, 5.74) is 7.35. The number of fused-ring (bicyclic) bond motifs is 1. The first kappa shape index (κ1) is 12.6. The van der Waals surface area contributed by atoms with Crippen LogP contribution in [0, 0.1) is 6.92 Å². The second-order valence-corrected chi connectivity index (χ2v) is 4.81. The molecule has 1 amide bonds. The molecule has 0 spiro atoms.